The van der Waals surface area contributed by atoms with E-state index in [0.717, 1.165) is 16.3 Å². The van der Waals surface area contributed by atoms with Crippen molar-refractivity contribution < 1.29 is 0 Å². The highest BCUT2D eigenvalue weighted by Crippen LogP contribution is 2.34. The van der Waals surface area contributed by atoms with Crippen molar-refractivity contribution in [1.82, 2.24) is 4.98 Å². The zero-order chi connectivity index (χ0) is 10.7. The van der Waals surface area contributed by atoms with Gasteiger partial charge < -0.3 is 5.73 Å². The number of hydrogen-bond donors (Lipinski definition) is 1. The molecule has 0 amide bonds. The molecule has 1 heterocycles. The van der Waals surface area contributed by atoms with Crippen molar-refractivity contribution in [2.45, 2.75) is 10.6 Å². The molecule has 2 N–H and O–H groups in total. The van der Waals surface area contributed by atoms with Gasteiger partial charge in [0.15, 0.2) is 0 Å². The molecule has 1 aromatic heterocycles. The standard InChI is InChI=1S/C10H9ClN2S2/c11-8-2-1-3-9(12)10(8)14-5-7-4-13-6-15-7/h1-4,6H,5,12H2. The van der Waals surface area contributed by atoms with Gasteiger partial charge in [0.1, 0.15) is 0 Å². The van der Waals surface area contributed by atoms with Crippen LogP contribution in [0, 0.1) is 0 Å². The topological polar surface area (TPSA) is 38.9 Å². The molecular formula is C10H9ClN2S2. The van der Waals surface area contributed by atoms with E-state index in [0.29, 0.717) is 5.02 Å². The molecular weight excluding hydrogens is 248 g/mol. The summed E-state index contributed by atoms with van der Waals surface area (Å²) in [6.45, 7) is 0. The summed E-state index contributed by atoms with van der Waals surface area (Å²) in [5, 5.41) is 0.713. The second-order valence-corrected chi connectivity index (χ2v) is 5.28. The molecule has 78 valence electrons. The second-order valence-electron chi connectivity index (χ2n) is 2.91. The first-order valence-electron chi connectivity index (χ1n) is 4.31. The van der Waals surface area contributed by atoms with Gasteiger partial charge in [-0.05, 0) is 12.1 Å². The molecule has 0 unspecified atom stereocenters. The monoisotopic (exact) mass is 256 g/mol. The van der Waals surface area contributed by atoms with Crippen molar-refractivity contribution in [3.63, 3.8) is 0 Å². The molecule has 0 saturated heterocycles. The SMILES string of the molecule is Nc1cccc(Cl)c1SCc1cncs1. The minimum Gasteiger partial charge on any atom is -0.398 e. The molecule has 2 nitrogen and oxygen atoms in total. The van der Waals surface area contributed by atoms with E-state index in [1.165, 1.54) is 4.88 Å². The molecule has 0 spiro atoms. The van der Waals surface area contributed by atoms with E-state index in [2.05, 4.69) is 4.98 Å². The van der Waals surface area contributed by atoms with Crippen LogP contribution < -0.4 is 5.73 Å². The van der Waals surface area contributed by atoms with Crippen LogP contribution in [0.4, 0.5) is 5.69 Å². The average molecular weight is 257 g/mol. The lowest BCUT2D eigenvalue weighted by atomic mass is 10.3. The van der Waals surface area contributed by atoms with Crippen LogP contribution in [0.3, 0.4) is 0 Å². The Morgan fingerprint density at radius 3 is 3.00 bits per heavy atom. The quantitative estimate of drug-likeness (QED) is 0.673. The second kappa shape index (κ2) is 4.88. The number of nitrogens with zero attached hydrogens (tertiary/aromatic N) is 1. The lowest BCUT2D eigenvalue weighted by Crippen LogP contribution is -1.88. The van der Waals surface area contributed by atoms with Gasteiger partial charge in [-0.2, -0.15) is 0 Å². The van der Waals surface area contributed by atoms with Gasteiger partial charge in [0.05, 0.1) is 10.5 Å². The molecule has 0 saturated carbocycles. The van der Waals surface area contributed by atoms with E-state index in [9.17, 15) is 0 Å². The van der Waals surface area contributed by atoms with E-state index in [1.54, 1.807) is 23.1 Å². The minimum absolute atomic E-state index is 0.713. The first-order chi connectivity index (χ1) is 7.27. The Hall–Kier alpha value is -0.710. The van der Waals surface area contributed by atoms with E-state index < -0.39 is 0 Å². The van der Waals surface area contributed by atoms with Crippen LogP contribution in [0.15, 0.2) is 34.8 Å². The average Bonchev–Trinajstić information content (AvgIpc) is 2.70. The Morgan fingerprint density at radius 1 is 1.47 bits per heavy atom. The number of benzene rings is 1. The molecule has 0 bridgehead atoms. The van der Waals surface area contributed by atoms with Gasteiger partial charge in [-0.1, -0.05) is 17.7 Å². The summed E-state index contributed by atoms with van der Waals surface area (Å²) in [5.74, 6) is 0.860. The summed E-state index contributed by atoms with van der Waals surface area (Å²) in [7, 11) is 0. The number of nitrogen functional groups attached to an aromatic ring is 1. The van der Waals surface area contributed by atoms with E-state index in [4.69, 9.17) is 17.3 Å². The van der Waals surface area contributed by atoms with Crippen LogP contribution in [0.25, 0.3) is 0 Å². The Balaban J connectivity index is 2.11. The van der Waals surface area contributed by atoms with E-state index in [1.807, 2.05) is 29.9 Å². The highest BCUT2D eigenvalue weighted by Gasteiger charge is 2.05. The summed E-state index contributed by atoms with van der Waals surface area (Å²) in [6, 6.07) is 5.57. The fraction of sp³-hybridized carbons (Fsp3) is 0.100. The van der Waals surface area contributed by atoms with Crippen LogP contribution in [0.1, 0.15) is 4.88 Å². The number of thiazole rings is 1. The molecule has 15 heavy (non-hydrogen) atoms. The zero-order valence-electron chi connectivity index (χ0n) is 7.81. The maximum absolute atomic E-state index is 6.06. The first kappa shape index (κ1) is 10.8. The van der Waals surface area contributed by atoms with Crippen molar-refractivity contribution in [1.29, 1.82) is 0 Å². The summed E-state index contributed by atoms with van der Waals surface area (Å²) in [6.07, 6.45) is 1.87. The van der Waals surface area contributed by atoms with E-state index >= 15 is 0 Å². The summed E-state index contributed by atoms with van der Waals surface area (Å²) < 4.78 is 0. The third kappa shape index (κ3) is 2.65. The predicted octanol–water partition coefficient (Wildman–Crippen LogP) is 3.67. The molecule has 2 aromatic rings. The van der Waals surface area contributed by atoms with Crippen molar-refractivity contribution >= 4 is 40.4 Å². The van der Waals surface area contributed by atoms with Crippen LogP contribution in [-0.2, 0) is 5.75 Å². The minimum atomic E-state index is 0.713. The fourth-order valence-corrected chi connectivity index (χ4v) is 3.11. The first-order valence-corrected chi connectivity index (χ1v) is 6.56. The predicted molar refractivity (Wildman–Crippen MR) is 67.5 cm³/mol. The highest BCUT2D eigenvalue weighted by molar-refractivity contribution is 7.99. The van der Waals surface area contributed by atoms with Gasteiger partial charge >= 0.3 is 0 Å². The molecule has 0 fully saturated rings. The van der Waals surface area contributed by atoms with Gasteiger partial charge in [-0.25, -0.2) is 0 Å². The van der Waals surface area contributed by atoms with Crippen LogP contribution in [0.5, 0.6) is 0 Å². The third-order valence-corrected chi connectivity index (χ3v) is 4.43. The van der Waals surface area contributed by atoms with Crippen molar-refractivity contribution in [3.05, 3.63) is 39.8 Å². The van der Waals surface area contributed by atoms with Gasteiger partial charge in [0.2, 0.25) is 0 Å². The number of halogens is 1. The normalized spacial score (nSPS) is 10.5. The lowest BCUT2D eigenvalue weighted by Gasteiger charge is -2.05. The van der Waals surface area contributed by atoms with Gasteiger partial charge in [0.25, 0.3) is 0 Å². The molecule has 5 heteroatoms. The third-order valence-electron chi connectivity index (χ3n) is 1.84. The number of hydrogen-bond acceptors (Lipinski definition) is 4. The lowest BCUT2D eigenvalue weighted by molar-refractivity contribution is 1.36. The van der Waals surface area contributed by atoms with Gasteiger partial charge in [-0.3, -0.25) is 4.98 Å². The number of anilines is 1. The van der Waals surface area contributed by atoms with Crippen LogP contribution >= 0.6 is 34.7 Å². The molecule has 0 aliphatic rings. The summed E-state index contributed by atoms with van der Waals surface area (Å²) in [4.78, 5) is 6.19. The maximum atomic E-state index is 6.06. The smallest absolute Gasteiger partial charge is 0.0794 e. The highest BCUT2D eigenvalue weighted by atomic mass is 35.5. The van der Waals surface area contributed by atoms with Gasteiger partial charge in [-0.15, -0.1) is 23.1 Å². The number of rotatable bonds is 3. The Morgan fingerprint density at radius 2 is 2.33 bits per heavy atom. The molecule has 0 aliphatic carbocycles. The molecule has 0 aliphatic heterocycles. The molecule has 0 radical (unpaired) electrons. The number of thioether (sulfide) groups is 1. The van der Waals surface area contributed by atoms with Crippen LogP contribution in [0.2, 0.25) is 5.02 Å². The Bertz CT molecular complexity index is 422. The number of nitrogens with two attached hydrogens (primary N) is 1. The molecule has 2 rings (SSSR count). The Labute approximate surface area is 101 Å². The zero-order valence-corrected chi connectivity index (χ0v) is 10.2. The fourth-order valence-electron chi connectivity index (χ4n) is 1.13. The van der Waals surface area contributed by atoms with Crippen molar-refractivity contribution in [2.75, 3.05) is 5.73 Å². The molecule has 1 aromatic carbocycles. The number of aromatic nitrogens is 1. The van der Waals surface area contributed by atoms with Gasteiger partial charge in [0, 0.05) is 27.4 Å². The maximum Gasteiger partial charge on any atom is 0.0794 e. The summed E-state index contributed by atoms with van der Waals surface area (Å²) >= 11 is 9.34. The van der Waals surface area contributed by atoms with Crippen LogP contribution in [-0.4, -0.2) is 4.98 Å². The molecule has 0 atom stereocenters. The Kier molecular flexibility index (Phi) is 3.51. The largest absolute Gasteiger partial charge is 0.398 e. The van der Waals surface area contributed by atoms with E-state index in [-0.39, 0.29) is 0 Å². The summed E-state index contributed by atoms with van der Waals surface area (Å²) in [5.41, 5.74) is 8.40. The van der Waals surface area contributed by atoms with Crippen molar-refractivity contribution in [2.24, 2.45) is 0 Å². The van der Waals surface area contributed by atoms with Crippen molar-refractivity contribution in [3.8, 4) is 0 Å².